The van der Waals surface area contributed by atoms with Crippen molar-refractivity contribution >= 4 is 11.0 Å². The molecule has 136 valence electrons. The maximum absolute atomic E-state index is 12.5. The molecule has 1 aromatic heterocycles. The summed E-state index contributed by atoms with van der Waals surface area (Å²) in [6, 6.07) is 6.84. The molecule has 0 aliphatic heterocycles. The van der Waals surface area contributed by atoms with Crippen molar-refractivity contribution < 1.29 is 24.8 Å². The fourth-order valence-electron chi connectivity index (χ4n) is 2.84. The lowest BCUT2D eigenvalue weighted by Gasteiger charge is -2.12. The van der Waals surface area contributed by atoms with E-state index in [0.717, 1.165) is 30.5 Å². The standard InChI is InChI=1S/C19H19NO6/c1-2-3-12(20)9-4-5-11-15(8-9)26-19(18(25)16(11)23)10-6-13(21)17(24)14(22)7-10/h4-8,12,21-22,24-25H,2-3,20H2,1H3. The zero-order valence-corrected chi connectivity index (χ0v) is 14.1. The summed E-state index contributed by atoms with van der Waals surface area (Å²) in [6.45, 7) is 2.01. The summed E-state index contributed by atoms with van der Waals surface area (Å²) in [5.41, 5.74) is 6.51. The molecule has 0 saturated heterocycles. The zero-order chi connectivity index (χ0) is 19.0. The largest absolute Gasteiger partial charge is 0.504 e. The van der Waals surface area contributed by atoms with E-state index in [0.29, 0.717) is 0 Å². The summed E-state index contributed by atoms with van der Waals surface area (Å²) < 4.78 is 5.67. The second kappa shape index (κ2) is 6.61. The summed E-state index contributed by atoms with van der Waals surface area (Å²) in [4.78, 5) is 12.5. The predicted octanol–water partition coefficient (Wildman–Crippen LogP) is 3.08. The Morgan fingerprint density at radius 1 is 1.04 bits per heavy atom. The normalized spacial score (nSPS) is 12.4. The van der Waals surface area contributed by atoms with Crippen LogP contribution in [0.5, 0.6) is 23.0 Å². The van der Waals surface area contributed by atoms with Crippen LogP contribution >= 0.6 is 0 Å². The lowest BCUT2D eigenvalue weighted by Crippen LogP contribution is -2.10. The van der Waals surface area contributed by atoms with Gasteiger partial charge in [-0.25, -0.2) is 0 Å². The first-order valence-electron chi connectivity index (χ1n) is 8.14. The van der Waals surface area contributed by atoms with Gasteiger partial charge < -0.3 is 30.6 Å². The van der Waals surface area contributed by atoms with Crippen LogP contribution in [0.25, 0.3) is 22.3 Å². The first-order chi connectivity index (χ1) is 12.3. The van der Waals surface area contributed by atoms with E-state index >= 15 is 0 Å². The monoisotopic (exact) mass is 357 g/mol. The van der Waals surface area contributed by atoms with Crippen molar-refractivity contribution in [2.75, 3.05) is 0 Å². The van der Waals surface area contributed by atoms with Gasteiger partial charge in [0, 0.05) is 11.6 Å². The van der Waals surface area contributed by atoms with Crippen molar-refractivity contribution in [3.8, 4) is 34.3 Å². The SMILES string of the molecule is CCCC(N)c1ccc2c(=O)c(O)c(-c3cc(O)c(O)c(O)c3)oc2c1. The smallest absolute Gasteiger partial charge is 0.235 e. The van der Waals surface area contributed by atoms with E-state index in [1.165, 1.54) is 0 Å². The van der Waals surface area contributed by atoms with Crippen molar-refractivity contribution in [3.05, 3.63) is 46.1 Å². The van der Waals surface area contributed by atoms with Crippen LogP contribution in [0.1, 0.15) is 31.4 Å². The minimum atomic E-state index is -0.704. The van der Waals surface area contributed by atoms with Crippen LogP contribution in [-0.4, -0.2) is 20.4 Å². The Morgan fingerprint density at radius 3 is 2.31 bits per heavy atom. The molecular weight excluding hydrogens is 338 g/mol. The van der Waals surface area contributed by atoms with Crippen molar-refractivity contribution in [2.24, 2.45) is 5.73 Å². The summed E-state index contributed by atoms with van der Waals surface area (Å²) in [7, 11) is 0. The van der Waals surface area contributed by atoms with E-state index in [1.807, 2.05) is 6.92 Å². The number of phenolic OH excluding ortho intramolecular Hbond substituents is 3. The highest BCUT2D eigenvalue weighted by Crippen LogP contribution is 2.41. The fourth-order valence-corrected chi connectivity index (χ4v) is 2.84. The van der Waals surface area contributed by atoms with E-state index < -0.39 is 28.4 Å². The predicted molar refractivity (Wildman–Crippen MR) is 96.4 cm³/mol. The van der Waals surface area contributed by atoms with Crippen LogP contribution in [0.2, 0.25) is 0 Å². The first kappa shape index (κ1) is 17.6. The number of aromatic hydroxyl groups is 4. The summed E-state index contributed by atoms with van der Waals surface area (Å²) in [5, 5.41) is 39.2. The van der Waals surface area contributed by atoms with Crippen molar-refractivity contribution in [3.63, 3.8) is 0 Å². The maximum atomic E-state index is 12.5. The average Bonchev–Trinajstić information content (AvgIpc) is 2.62. The van der Waals surface area contributed by atoms with Gasteiger partial charge in [-0.05, 0) is 36.2 Å². The number of hydrogen-bond donors (Lipinski definition) is 5. The summed E-state index contributed by atoms with van der Waals surface area (Å²) in [5.74, 6) is -2.81. The Bertz CT molecular complexity index is 1020. The molecule has 1 unspecified atom stereocenters. The second-order valence-corrected chi connectivity index (χ2v) is 6.12. The molecule has 2 aromatic carbocycles. The molecule has 6 N–H and O–H groups in total. The van der Waals surface area contributed by atoms with Gasteiger partial charge in [-0.15, -0.1) is 0 Å². The third-order valence-electron chi connectivity index (χ3n) is 4.25. The van der Waals surface area contributed by atoms with Gasteiger partial charge in [0.05, 0.1) is 5.39 Å². The van der Waals surface area contributed by atoms with Crippen LogP contribution in [0.3, 0.4) is 0 Å². The molecule has 3 rings (SSSR count). The van der Waals surface area contributed by atoms with Gasteiger partial charge in [-0.1, -0.05) is 19.4 Å². The lowest BCUT2D eigenvalue weighted by molar-refractivity contribution is 0.368. The maximum Gasteiger partial charge on any atom is 0.235 e. The van der Waals surface area contributed by atoms with Crippen LogP contribution < -0.4 is 11.2 Å². The van der Waals surface area contributed by atoms with Crippen LogP contribution in [0.4, 0.5) is 0 Å². The first-order valence-corrected chi connectivity index (χ1v) is 8.14. The third-order valence-corrected chi connectivity index (χ3v) is 4.25. The molecule has 3 aromatic rings. The quantitative estimate of drug-likeness (QED) is 0.452. The number of fused-ring (bicyclic) bond motifs is 1. The van der Waals surface area contributed by atoms with E-state index in [4.69, 9.17) is 10.2 Å². The van der Waals surface area contributed by atoms with Crippen LogP contribution in [0, 0.1) is 0 Å². The van der Waals surface area contributed by atoms with E-state index in [1.54, 1.807) is 18.2 Å². The van der Waals surface area contributed by atoms with Gasteiger partial charge in [-0.2, -0.15) is 0 Å². The molecule has 7 heteroatoms. The fraction of sp³-hybridized carbons (Fsp3) is 0.211. The van der Waals surface area contributed by atoms with E-state index in [2.05, 4.69) is 0 Å². The van der Waals surface area contributed by atoms with Gasteiger partial charge in [0.15, 0.2) is 23.0 Å². The molecule has 0 aliphatic carbocycles. The van der Waals surface area contributed by atoms with Crippen LogP contribution in [-0.2, 0) is 0 Å². The van der Waals surface area contributed by atoms with Gasteiger partial charge in [-0.3, -0.25) is 4.79 Å². The Kier molecular flexibility index (Phi) is 4.48. The molecule has 0 spiro atoms. The van der Waals surface area contributed by atoms with Crippen molar-refractivity contribution in [2.45, 2.75) is 25.8 Å². The topological polar surface area (TPSA) is 137 Å². The highest BCUT2D eigenvalue weighted by Gasteiger charge is 2.19. The minimum absolute atomic E-state index is 0.0394. The van der Waals surface area contributed by atoms with Crippen molar-refractivity contribution in [1.29, 1.82) is 0 Å². The summed E-state index contributed by atoms with van der Waals surface area (Å²) >= 11 is 0. The number of rotatable bonds is 4. The molecular formula is C19H19NO6. The highest BCUT2D eigenvalue weighted by molar-refractivity contribution is 5.83. The Labute approximate surface area is 148 Å². The zero-order valence-electron chi connectivity index (χ0n) is 14.1. The number of benzene rings is 2. The van der Waals surface area contributed by atoms with E-state index in [-0.39, 0.29) is 28.3 Å². The number of hydrogen-bond acceptors (Lipinski definition) is 7. The van der Waals surface area contributed by atoms with Crippen molar-refractivity contribution in [1.82, 2.24) is 0 Å². The average molecular weight is 357 g/mol. The van der Waals surface area contributed by atoms with Gasteiger partial charge >= 0.3 is 0 Å². The van der Waals surface area contributed by atoms with Gasteiger partial charge in [0.1, 0.15) is 5.58 Å². The second-order valence-electron chi connectivity index (χ2n) is 6.12. The third kappa shape index (κ3) is 2.93. The molecule has 0 radical (unpaired) electrons. The van der Waals surface area contributed by atoms with Gasteiger partial charge in [0.25, 0.3) is 0 Å². The molecule has 7 nitrogen and oxygen atoms in total. The minimum Gasteiger partial charge on any atom is -0.504 e. The Hall–Kier alpha value is -3.19. The summed E-state index contributed by atoms with van der Waals surface area (Å²) in [6.07, 6.45) is 1.66. The highest BCUT2D eigenvalue weighted by atomic mass is 16.4. The van der Waals surface area contributed by atoms with E-state index in [9.17, 15) is 25.2 Å². The Morgan fingerprint density at radius 2 is 1.69 bits per heavy atom. The molecule has 0 bridgehead atoms. The molecule has 0 fully saturated rings. The van der Waals surface area contributed by atoms with Gasteiger partial charge in [0.2, 0.25) is 11.2 Å². The molecule has 0 aliphatic rings. The molecule has 1 atom stereocenters. The number of phenols is 3. The van der Waals surface area contributed by atoms with Crippen LogP contribution in [0.15, 0.2) is 39.5 Å². The Balaban J connectivity index is 2.23. The lowest BCUT2D eigenvalue weighted by atomic mass is 10.0. The number of nitrogens with two attached hydrogens (primary N) is 1. The molecule has 0 amide bonds. The molecule has 26 heavy (non-hydrogen) atoms. The molecule has 1 heterocycles. The molecule has 0 saturated carbocycles.